The van der Waals surface area contributed by atoms with Crippen molar-refractivity contribution < 1.29 is 4.57 Å². The van der Waals surface area contributed by atoms with E-state index in [1.54, 1.807) is 0 Å². The first-order valence-electron chi connectivity index (χ1n) is 11.2. The first-order valence-corrected chi connectivity index (χ1v) is 13.7. The zero-order chi connectivity index (χ0) is 18.8. The molecule has 154 valence electrons. The molecule has 0 bridgehead atoms. The highest BCUT2D eigenvalue weighted by Crippen LogP contribution is 2.54. The van der Waals surface area contributed by atoms with Gasteiger partial charge < -0.3 is 0 Å². The van der Waals surface area contributed by atoms with E-state index in [9.17, 15) is 4.57 Å². The molecule has 0 heterocycles. The predicted molar refractivity (Wildman–Crippen MR) is 116 cm³/mol. The zero-order valence-electron chi connectivity index (χ0n) is 17.2. The Morgan fingerprint density at radius 2 is 1.23 bits per heavy atom. The third-order valence-corrected chi connectivity index (χ3v) is 10.7. The minimum absolute atomic E-state index is 0.377. The third-order valence-electron chi connectivity index (χ3n) is 6.11. The minimum Gasteiger partial charge on any atom is -0.270 e. The highest BCUT2D eigenvalue weighted by molar-refractivity contribution is 8.02. The lowest BCUT2D eigenvalue weighted by molar-refractivity contribution is 0.329. The van der Waals surface area contributed by atoms with Gasteiger partial charge in [-0.2, -0.15) is 4.08 Å². The van der Waals surface area contributed by atoms with Crippen molar-refractivity contribution in [3.8, 4) is 0 Å². The molecule has 0 aromatic rings. The molecule has 2 saturated carbocycles. The predicted octanol–water partition coefficient (Wildman–Crippen LogP) is 6.57. The van der Waals surface area contributed by atoms with Crippen LogP contribution in [0.1, 0.15) is 104 Å². The molecule has 0 aromatic carbocycles. The van der Waals surface area contributed by atoms with Gasteiger partial charge in [-0.1, -0.05) is 90.0 Å². The maximum absolute atomic E-state index is 13.8. The fourth-order valence-electron chi connectivity index (χ4n) is 4.47. The van der Waals surface area contributed by atoms with Crippen molar-refractivity contribution in [3.05, 3.63) is 0 Å². The smallest absolute Gasteiger partial charge is 0.270 e. The van der Waals surface area contributed by atoms with Gasteiger partial charge in [0.05, 0.1) is 0 Å². The Balaban J connectivity index is 2.16. The van der Waals surface area contributed by atoms with Crippen LogP contribution in [0.4, 0.5) is 0 Å². The van der Waals surface area contributed by atoms with E-state index >= 15 is 0 Å². The number of nitrogens with zero attached hydrogens (tertiary/aromatic N) is 2. The van der Waals surface area contributed by atoms with E-state index in [1.807, 2.05) is 16.6 Å². The van der Waals surface area contributed by atoms with Gasteiger partial charge in [0.15, 0.2) is 0 Å². The van der Waals surface area contributed by atoms with Gasteiger partial charge in [-0.05, 0) is 25.7 Å². The second kappa shape index (κ2) is 12.1. The second-order valence-corrected chi connectivity index (χ2v) is 11.8. The Kier molecular flexibility index (Phi) is 10.6. The Hall–Kier alpha value is 0.460. The highest BCUT2D eigenvalue weighted by Gasteiger charge is 2.38. The molecule has 0 aliphatic heterocycles. The molecule has 2 fully saturated rings. The summed E-state index contributed by atoms with van der Waals surface area (Å²) < 4.78 is 18.1. The maximum atomic E-state index is 13.8. The monoisotopic (exact) mass is 403 g/mol. The summed E-state index contributed by atoms with van der Waals surface area (Å²) in [6.45, 7) is 5.69. The van der Waals surface area contributed by atoms with E-state index in [4.69, 9.17) is 5.50 Å². The summed E-state index contributed by atoms with van der Waals surface area (Å²) in [6, 6.07) is 0.377. The molecule has 0 saturated heterocycles. The van der Waals surface area contributed by atoms with Crippen LogP contribution in [0.3, 0.4) is 0 Å². The summed E-state index contributed by atoms with van der Waals surface area (Å²) >= 11 is 1.88. The Labute approximate surface area is 166 Å². The molecule has 1 atom stereocenters. The van der Waals surface area contributed by atoms with E-state index < -0.39 is 7.59 Å². The van der Waals surface area contributed by atoms with Crippen LogP contribution < -0.4 is 5.50 Å². The quantitative estimate of drug-likeness (QED) is 0.385. The van der Waals surface area contributed by atoms with Crippen molar-refractivity contribution in [3.63, 3.8) is 0 Å². The van der Waals surface area contributed by atoms with E-state index in [2.05, 4.69) is 17.9 Å². The van der Waals surface area contributed by atoms with Crippen LogP contribution >= 0.6 is 19.5 Å². The van der Waals surface area contributed by atoms with E-state index in [1.165, 1.54) is 77.0 Å². The van der Waals surface area contributed by atoms with Crippen LogP contribution in [0, 0.1) is 0 Å². The number of rotatable bonds is 7. The second-order valence-electron chi connectivity index (χ2n) is 8.10. The van der Waals surface area contributed by atoms with E-state index in [-0.39, 0.29) is 0 Å². The van der Waals surface area contributed by atoms with Crippen LogP contribution in [-0.4, -0.2) is 33.1 Å². The lowest BCUT2D eigenvalue weighted by Crippen LogP contribution is -2.39. The van der Waals surface area contributed by atoms with Crippen LogP contribution in [-0.2, 0) is 4.57 Å². The molecule has 26 heavy (non-hydrogen) atoms. The molecule has 0 radical (unpaired) electrons. The average molecular weight is 404 g/mol. The summed E-state index contributed by atoms with van der Waals surface area (Å²) in [6.07, 6.45) is 18.1. The molecular weight excluding hydrogens is 361 g/mol. The molecule has 4 nitrogen and oxygen atoms in total. The molecule has 2 aliphatic rings. The van der Waals surface area contributed by atoms with Gasteiger partial charge in [0.2, 0.25) is 0 Å². The first kappa shape index (κ1) is 22.7. The van der Waals surface area contributed by atoms with Gasteiger partial charge in [0.1, 0.15) is 0 Å². The van der Waals surface area contributed by atoms with Crippen LogP contribution in [0.5, 0.6) is 0 Å². The normalized spacial score (nSPS) is 24.7. The summed E-state index contributed by atoms with van der Waals surface area (Å²) in [5.41, 5.74) is 6.62. The van der Waals surface area contributed by atoms with Crippen molar-refractivity contribution >= 4 is 19.5 Å². The van der Waals surface area contributed by atoms with Crippen molar-refractivity contribution in [1.29, 1.82) is 0 Å². The SMILES string of the molecule is CCN(CC)P(N)(=O)N(SC1CCCCCCC1)C1CCCCCCC1. The summed E-state index contributed by atoms with van der Waals surface area (Å²) in [4.78, 5) is 0. The Morgan fingerprint density at radius 3 is 1.69 bits per heavy atom. The molecular formula is C20H42N3OPS. The molecule has 2 rings (SSSR count). The fourth-order valence-corrected chi connectivity index (χ4v) is 8.71. The largest absolute Gasteiger partial charge is 0.291 e. The lowest BCUT2D eigenvalue weighted by Gasteiger charge is -2.41. The van der Waals surface area contributed by atoms with Crippen molar-refractivity contribution in [2.24, 2.45) is 5.50 Å². The first-order chi connectivity index (χ1) is 12.6. The summed E-state index contributed by atoms with van der Waals surface area (Å²) in [7, 11) is -2.98. The topological polar surface area (TPSA) is 49.6 Å². The van der Waals surface area contributed by atoms with E-state index in [0.29, 0.717) is 11.3 Å². The molecule has 6 heteroatoms. The minimum atomic E-state index is -2.98. The molecule has 0 aromatic heterocycles. The summed E-state index contributed by atoms with van der Waals surface area (Å²) in [5.74, 6) is 0. The standard InChI is InChI=1S/C20H42N3OPS/c1-3-22(4-2)25(21,24)23(19-15-11-7-5-8-12-16-19)26-20-17-13-9-6-10-14-18-20/h19-20H,3-18H2,1-2H3,(H2,21,24). The van der Waals surface area contributed by atoms with Gasteiger partial charge in [-0.15, -0.1) is 0 Å². The highest BCUT2D eigenvalue weighted by atomic mass is 32.2. The number of nitrogens with two attached hydrogens (primary N) is 1. The van der Waals surface area contributed by atoms with Crippen LogP contribution in [0.25, 0.3) is 0 Å². The fraction of sp³-hybridized carbons (Fsp3) is 1.00. The van der Waals surface area contributed by atoms with Gasteiger partial charge in [0, 0.05) is 24.4 Å². The van der Waals surface area contributed by atoms with Crippen molar-refractivity contribution in [2.45, 2.75) is 115 Å². The zero-order valence-corrected chi connectivity index (χ0v) is 18.9. The molecule has 2 N–H and O–H groups in total. The lowest BCUT2D eigenvalue weighted by atomic mass is 9.97. The number of hydrogen-bond donors (Lipinski definition) is 1. The third kappa shape index (κ3) is 6.81. The van der Waals surface area contributed by atoms with Gasteiger partial charge in [-0.25, -0.2) is 4.67 Å². The van der Waals surface area contributed by atoms with Crippen LogP contribution in [0.2, 0.25) is 0 Å². The Bertz CT molecular complexity index is 417. The molecule has 1 unspecified atom stereocenters. The van der Waals surface area contributed by atoms with Crippen molar-refractivity contribution in [1.82, 2.24) is 8.75 Å². The molecule has 2 aliphatic carbocycles. The average Bonchev–Trinajstić information content (AvgIpc) is 2.55. The number of hydrogen-bond acceptors (Lipinski definition) is 2. The van der Waals surface area contributed by atoms with Gasteiger partial charge >= 0.3 is 0 Å². The van der Waals surface area contributed by atoms with Crippen molar-refractivity contribution in [2.75, 3.05) is 13.1 Å². The van der Waals surface area contributed by atoms with Gasteiger partial charge in [0.25, 0.3) is 7.59 Å². The van der Waals surface area contributed by atoms with E-state index in [0.717, 1.165) is 25.9 Å². The van der Waals surface area contributed by atoms with Gasteiger partial charge in [-0.3, -0.25) is 10.1 Å². The Morgan fingerprint density at radius 1 is 0.808 bits per heavy atom. The summed E-state index contributed by atoms with van der Waals surface area (Å²) in [5, 5.41) is 0.591. The molecule has 0 amide bonds. The maximum Gasteiger partial charge on any atom is 0.291 e. The van der Waals surface area contributed by atoms with Crippen LogP contribution in [0.15, 0.2) is 0 Å². The molecule has 0 spiro atoms.